The summed E-state index contributed by atoms with van der Waals surface area (Å²) in [4.78, 5) is 29.6. The Hall–Kier alpha value is -3.20. The molecule has 3 aromatic rings. The van der Waals surface area contributed by atoms with Crippen molar-refractivity contribution < 1.29 is 19.4 Å². The highest BCUT2D eigenvalue weighted by molar-refractivity contribution is 9.10. The Labute approximate surface area is 205 Å². The first-order valence-electron chi connectivity index (χ1n) is 11.2. The van der Waals surface area contributed by atoms with Gasteiger partial charge in [-0.05, 0) is 44.0 Å². The highest BCUT2D eigenvalue weighted by Gasteiger charge is 2.23. The number of methoxy groups -OCH3 is 1. The molecule has 1 heterocycles. The van der Waals surface area contributed by atoms with Gasteiger partial charge in [0.15, 0.2) is 17.6 Å². The second-order valence-electron chi connectivity index (χ2n) is 8.31. The number of fused-ring (bicyclic) bond motifs is 1. The first-order chi connectivity index (χ1) is 16.4. The van der Waals surface area contributed by atoms with E-state index in [2.05, 4.69) is 21.0 Å². The molecule has 0 aliphatic heterocycles. The van der Waals surface area contributed by atoms with Gasteiger partial charge in [-0.25, -0.2) is 9.78 Å². The number of aliphatic carboxylic acids is 1. The first kappa shape index (κ1) is 23.9. The topological polar surface area (TPSA) is 103 Å². The van der Waals surface area contributed by atoms with Gasteiger partial charge in [0.1, 0.15) is 5.82 Å². The number of carboxylic acid groups (broad SMARTS) is 1. The van der Waals surface area contributed by atoms with Crippen LogP contribution in [-0.4, -0.2) is 40.2 Å². The standard InChI is InChI=1S/C25H26BrN3O5/c1-15(25(31)32)34-22-17(12-18(26)13-21(22)33-2)14-27-29-23(16-8-4-3-5-9-16)28-20-11-7-6-10-19(20)24(29)30/h6-7,10-16H,3-5,8-9H2,1-2H3,(H,31,32)/t15-/m0/s1. The van der Waals surface area contributed by atoms with Gasteiger partial charge in [-0.1, -0.05) is 47.3 Å². The first-order valence-corrected chi connectivity index (χ1v) is 12.0. The molecule has 1 aromatic heterocycles. The Morgan fingerprint density at radius 1 is 1.26 bits per heavy atom. The van der Waals surface area contributed by atoms with Crippen molar-refractivity contribution in [3.63, 3.8) is 0 Å². The van der Waals surface area contributed by atoms with Gasteiger partial charge < -0.3 is 14.6 Å². The minimum absolute atomic E-state index is 0.142. The SMILES string of the molecule is COc1cc(Br)cc(C=Nn2c(C3CCCCC3)nc3ccccc3c2=O)c1O[C@@H](C)C(=O)O. The van der Waals surface area contributed by atoms with Crippen LogP contribution in [0.1, 0.15) is 56.3 Å². The second kappa shape index (κ2) is 10.4. The molecule has 1 aliphatic carbocycles. The average molecular weight is 528 g/mol. The Morgan fingerprint density at radius 3 is 2.71 bits per heavy atom. The third-order valence-electron chi connectivity index (χ3n) is 5.97. The molecule has 0 saturated heterocycles. The maximum Gasteiger partial charge on any atom is 0.344 e. The fourth-order valence-electron chi connectivity index (χ4n) is 4.19. The van der Waals surface area contributed by atoms with Crippen LogP contribution in [0, 0.1) is 0 Å². The number of benzene rings is 2. The van der Waals surface area contributed by atoms with Crippen molar-refractivity contribution in [1.82, 2.24) is 9.66 Å². The van der Waals surface area contributed by atoms with Crippen molar-refractivity contribution in [3.05, 3.63) is 62.6 Å². The van der Waals surface area contributed by atoms with Gasteiger partial charge in [0.2, 0.25) is 0 Å². The van der Waals surface area contributed by atoms with Crippen molar-refractivity contribution in [2.75, 3.05) is 7.11 Å². The fraction of sp³-hybridized carbons (Fsp3) is 0.360. The van der Waals surface area contributed by atoms with E-state index in [-0.39, 0.29) is 17.2 Å². The molecule has 4 rings (SSSR count). The number of ether oxygens (including phenoxy) is 2. The number of hydrogen-bond donors (Lipinski definition) is 1. The monoisotopic (exact) mass is 527 g/mol. The molecule has 0 bridgehead atoms. The van der Waals surface area contributed by atoms with Crippen molar-refractivity contribution in [2.24, 2.45) is 5.10 Å². The van der Waals surface area contributed by atoms with E-state index in [9.17, 15) is 14.7 Å². The number of nitrogens with zero attached hydrogens (tertiary/aromatic N) is 3. The van der Waals surface area contributed by atoms with Gasteiger partial charge in [-0.3, -0.25) is 4.79 Å². The predicted molar refractivity (Wildman–Crippen MR) is 133 cm³/mol. The van der Waals surface area contributed by atoms with E-state index >= 15 is 0 Å². The van der Waals surface area contributed by atoms with Gasteiger partial charge in [-0.2, -0.15) is 9.78 Å². The van der Waals surface area contributed by atoms with Gasteiger partial charge >= 0.3 is 5.97 Å². The number of carboxylic acids is 1. The summed E-state index contributed by atoms with van der Waals surface area (Å²) in [6, 6.07) is 10.7. The number of aromatic nitrogens is 2. The van der Waals surface area contributed by atoms with Gasteiger partial charge in [0, 0.05) is 16.0 Å². The number of rotatable bonds is 7. The predicted octanol–water partition coefficient (Wildman–Crippen LogP) is 4.95. The van der Waals surface area contributed by atoms with E-state index in [1.807, 2.05) is 12.1 Å². The summed E-state index contributed by atoms with van der Waals surface area (Å²) in [5.74, 6) is 0.249. The van der Waals surface area contributed by atoms with Crippen LogP contribution >= 0.6 is 15.9 Å². The van der Waals surface area contributed by atoms with Crippen LogP contribution in [0.4, 0.5) is 0 Å². The third-order valence-corrected chi connectivity index (χ3v) is 6.43. The molecular weight excluding hydrogens is 502 g/mol. The molecule has 178 valence electrons. The summed E-state index contributed by atoms with van der Waals surface area (Å²) in [5, 5.41) is 14.3. The highest BCUT2D eigenvalue weighted by Crippen LogP contribution is 2.35. The van der Waals surface area contributed by atoms with E-state index in [1.54, 1.807) is 24.3 Å². The average Bonchev–Trinajstić information content (AvgIpc) is 2.84. The molecule has 1 N–H and O–H groups in total. The van der Waals surface area contributed by atoms with Gasteiger partial charge in [-0.15, -0.1) is 0 Å². The maximum atomic E-state index is 13.4. The largest absolute Gasteiger partial charge is 0.493 e. The minimum Gasteiger partial charge on any atom is -0.493 e. The fourth-order valence-corrected chi connectivity index (χ4v) is 4.64. The molecule has 34 heavy (non-hydrogen) atoms. The van der Waals surface area contributed by atoms with Crippen LogP contribution in [0.2, 0.25) is 0 Å². The lowest BCUT2D eigenvalue weighted by atomic mass is 9.88. The van der Waals surface area contributed by atoms with E-state index in [0.717, 1.165) is 25.7 Å². The van der Waals surface area contributed by atoms with Crippen LogP contribution < -0.4 is 15.0 Å². The van der Waals surface area contributed by atoms with Crippen molar-refractivity contribution >= 4 is 39.0 Å². The molecule has 1 fully saturated rings. The molecular formula is C25H26BrN3O5. The van der Waals surface area contributed by atoms with E-state index in [1.165, 1.54) is 31.3 Å². The van der Waals surface area contributed by atoms with Crippen LogP contribution in [-0.2, 0) is 4.79 Å². The molecule has 1 atom stereocenters. The highest BCUT2D eigenvalue weighted by atomic mass is 79.9. The lowest BCUT2D eigenvalue weighted by molar-refractivity contribution is -0.144. The molecule has 2 aromatic carbocycles. The summed E-state index contributed by atoms with van der Waals surface area (Å²) in [5.41, 5.74) is 0.877. The zero-order valence-electron chi connectivity index (χ0n) is 19.0. The molecule has 0 spiro atoms. The quantitative estimate of drug-likeness (QED) is 0.436. The Balaban J connectivity index is 1.85. The van der Waals surface area contributed by atoms with Crippen molar-refractivity contribution in [1.29, 1.82) is 0 Å². The van der Waals surface area contributed by atoms with E-state index in [4.69, 9.17) is 14.5 Å². The minimum atomic E-state index is -1.11. The van der Waals surface area contributed by atoms with Crippen LogP contribution in [0.15, 0.2) is 50.8 Å². The smallest absolute Gasteiger partial charge is 0.344 e. The van der Waals surface area contributed by atoms with Crippen molar-refractivity contribution in [2.45, 2.75) is 51.0 Å². The summed E-state index contributed by atoms with van der Waals surface area (Å²) >= 11 is 3.44. The molecule has 8 nitrogen and oxygen atoms in total. The van der Waals surface area contributed by atoms with Gasteiger partial charge in [0.25, 0.3) is 5.56 Å². The Morgan fingerprint density at radius 2 is 2.00 bits per heavy atom. The Bertz CT molecular complexity index is 1300. The van der Waals surface area contributed by atoms with Crippen LogP contribution in [0.25, 0.3) is 10.9 Å². The summed E-state index contributed by atoms with van der Waals surface area (Å²) in [6.45, 7) is 1.43. The molecule has 1 saturated carbocycles. The lowest BCUT2D eigenvalue weighted by Gasteiger charge is -2.22. The maximum absolute atomic E-state index is 13.4. The molecule has 1 aliphatic rings. The van der Waals surface area contributed by atoms with Crippen LogP contribution in [0.3, 0.4) is 0 Å². The zero-order valence-corrected chi connectivity index (χ0v) is 20.6. The number of hydrogen-bond acceptors (Lipinski definition) is 6. The molecule has 0 radical (unpaired) electrons. The summed E-state index contributed by atoms with van der Waals surface area (Å²) in [6.07, 6.45) is 5.64. The number of halogens is 1. The van der Waals surface area contributed by atoms with E-state index in [0.29, 0.717) is 32.5 Å². The third kappa shape index (κ3) is 4.99. The zero-order chi connectivity index (χ0) is 24.2. The van der Waals surface area contributed by atoms with Gasteiger partial charge in [0.05, 0.1) is 24.2 Å². The number of para-hydroxylation sites is 1. The normalized spacial score (nSPS) is 15.5. The van der Waals surface area contributed by atoms with Crippen LogP contribution in [0.5, 0.6) is 11.5 Å². The molecule has 9 heteroatoms. The lowest BCUT2D eigenvalue weighted by Crippen LogP contribution is -2.25. The van der Waals surface area contributed by atoms with Crippen molar-refractivity contribution in [3.8, 4) is 11.5 Å². The Kier molecular flexibility index (Phi) is 7.31. The molecule has 0 amide bonds. The second-order valence-corrected chi connectivity index (χ2v) is 9.22. The number of carbonyl (C=O) groups is 1. The van der Waals surface area contributed by atoms with E-state index < -0.39 is 12.1 Å². The summed E-state index contributed by atoms with van der Waals surface area (Å²) in [7, 11) is 1.47. The molecule has 0 unspecified atom stereocenters. The summed E-state index contributed by atoms with van der Waals surface area (Å²) < 4.78 is 13.2.